The molecule has 0 aromatic heterocycles. The standard InChI is InChI=1S/C3H5S/c1-2-3-4/h2-3H,1H3/b3-2+. The Bertz CT molecular complexity index is 18.5. The van der Waals surface area contributed by atoms with Gasteiger partial charge >= 0.3 is 0 Å². The lowest BCUT2D eigenvalue weighted by Gasteiger charge is -1.46. The quantitative estimate of drug-likeness (QED) is 0.409. The van der Waals surface area contributed by atoms with Gasteiger partial charge in [0.15, 0.2) is 0 Å². The molecule has 0 nitrogen and oxygen atoms in total. The van der Waals surface area contributed by atoms with Crippen molar-refractivity contribution >= 4 is 12.6 Å². The fourth-order valence-corrected chi connectivity index (χ4v) is 0. The molecule has 0 saturated carbocycles. The van der Waals surface area contributed by atoms with Crippen molar-refractivity contribution < 1.29 is 0 Å². The zero-order chi connectivity index (χ0) is 3.41. The van der Waals surface area contributed by atoms with Gasteiger partial charge in [-0.2, -0.15) is 0 Å². The van der Waals surface area contributed by atoms with Crippen LogP contribution in [0.5, 0.6) is 0 Å². The molecule has 0 N–H and O–H groups in total. The maximum Gasteiger partial charge on any atom is -0.00293 e. The van der Waals surface area contributed by atoms with Crippen LogP contribution in [0.4, 0.5) is 0 Å². The third kappa shape index (κ3) is 1.96. The predicted octanol–water partition coefficient (Wildman–Crippen LogP) is 1.72. The van der Waals surface area contributed by atoms with Gasteiger partial charge in [0.25, 0.3) is 0 Å². The van der Waals surface area contributed by atoms with Crippen LogP contribution < -0.4 is 0 Å². The van der Waals surface area contributed by atoms with E-state index in [4.69, 9.17) is 0 Å². The maximum absolute atomic E-state index is 4.37. The Labute approximate surface area is 31.9 Å². The van der Waals surface area contributed by atoms with E-state index >= 15 is 0 Å². The van der Waals surface area contributed by atoms with E-state index in [0.29, 0.717) is 0 Å². The molecule has 0 rings (SSSR count). The Morgan fingerprint density at radius 2 is 2.00 bits per heavy atom. The van der Waals surface area contributed by atoms with Crippen LogP contribution in [-0.4, -0.2) is 0 Å². The van der Waals surface area contributed by atoms with Crippen molar-refractivity contribution in [1.29, 1.82) is 0 Å². The van der Waals surface area contributed by atoms with Crippen LogP contribution in [0, 0.1) is 0 Å². The lowest BCUT2D eigenvalue weighted by atomic mass is 10.8. The summed E-state index contributed by atoms with van der Waals surface area (Å²) < 4.78 is 0. The predicted molar refractivity (Wildman–Crippen MR) is 22.4 cm³/mol. The first kappa shape index (κ1) is 3.96. The maximum atomic E-state index is 4.37. The molecular formula is C3H5S. The summed E-state index contributed by atoms with van der Waals surface area (Å²) in [6.45, 7) is 1.90. The zero-order valence-corrected chi connectivity index (χ0v) is 3.38. The molecule has 1 radical (unpaired) electrons. The van der Waals surface area contributed by atoms with Gasteiger partial charge in [-0.15, -0.1) is 0 Å². The highest BCUT2D eigenvalue weighted by molar-refractivity contribution is 7.83. The molecule has 0 aliphatic heterocycles. The first-order chi connectivity index (χ1) is 1.91. The van der Waals surface area contributed by atoms with Gasteiger partial charge in [0.2, 0.25) is 0 Å². The minimum absolute atomic E-state index is 1.58. The molecule has 0 aromatic rings. The van der Waals surface area contributed by atoms with E-state index in [-0.39, 0.29) is 0 Å². The highest BCUT2D eigenvalue weighted by Gasteiger charge is 1.37. The number of hydrogen-bond acceptors (Lipinski definition) is 0. The van der Waals surface area contributed by atoms with Crippen molar-refractivity contribution in [3.63, 3.8) is 0 Å². The molecule has 0 atom stereocenters. The smallest absolute Gasteiger partial charge is 0.00293 e. The lowest BCUT2D eigenvalue weighted by molar-refractivity contribution is 1.79. The van der Waals surface area contributed by atoms with E-state index < -0.39 is 0 Å². The first-order valence-corrected chi connectivity index (χ1v) is 1.62. The Morgan fingerprint density at radius 3 is 2.00 bits per heavy atom. The fourth-order valence-electron chi connectivity index (χ4n) is 0. The molecule has 0 heterocycles. The summed E-state index contributed by atoms with van der Waals surface area (Å²) in [5.41, 5.74) is 0. The molecule has 0 unspecified atom stereocenters. The summed E-state index contributed by atoms with van der Waals surface area (Å²) in [7, 11) is 0. The summed E-state index contributed by atoms with van der Waals surface area (Å²) in [6, 6.07) is 0. The van der Waals surface area contributed by atoms with Crippen LogP contribution in [0.15, 0.2) is 11.5 Å². The third-order valence-corrected chi connectivity index (χ3v) is 0.408. The molecule has 1 heteroatoms. The molecule has 0 amide bonds. The van der Waals surface area contributed by atoms with Gasteiger partial charge in [0.1, 0.15) is 0 Å². The number of allylic oxidation sites excluding steroid dienone is 1. The van der Waals surface area contributed by atoms with Gasteiger partial charge in [-0.25, -0.2) is 0 Å². The van der Waals surface area contributed by atoms with Crippen molar-refractivity contribution in [2.75, 3.05) is 0 Å². The van der Waals surface area contributed by atoms with Crippen LogP contribution in [0.2, 0.25) is 0 Å². The summed E-state index contributed by atoms with van der Waals surface area (Å²) in [6.07, 6.45) is 1.81. The van der Waals surface area contributed by atoms with Crippen molar-refractivity contribution in [1.82, 2.24) is 0 Å². The Hall–Kier alpha value is -0.0400. The van der Waals surface area contributed by atoms with Crippen molar-refractivity contribution in [2.24, 2.45) is 0 Å². The highest BCUT2D eigenvalue weighted by Crippen LogP contribution is 1.69. The molecular weight excluding hydrogens is 68.1 g/mol. The van der Waals surface area contributed by atoms with Gasteiger partial charge in [0, 0.05) is 0 Å². The van der Waals surface area contributed by atoms with Gasteiger partial charge in [0.05, 0.1) is 0 Å². The minimum atomic E-state index is 1.58. The van der Waals surface area contributed by atoms with E-state index in [0.717, 1.165) is 0 Å². The first-order valence-electron chi connectivity index (χ1n) is 1.15. The second-order valence-electron chi connectivity index (χ2n) is 0.469. The summed E-state index contributed by atoms with van der Waals surface area (Å²) >= 11 is 4.37. The van der Waals surface area contributed by atoms with Crippen LogP contribution in [0.3, 0.4) is 0 Å². The van der Waals surface area contributed by atoms with E-state index in [1.54, 1.807) is 5.41 Å². The Morgan fingerprint density at radius 1 is 1.75 bits per heavy atom. The lowest BCUT2D eigenvalue weighted by Crippen LogP contribution is -1.20. The number of rotatable bonds is 0. The van der Waals surface area contributed by atoms with Crippen LogP contribution in [0.1, 0.15) is 6.92 Å². The summed E-state index contributed by atoms with van der Waals surface area (Å²) in [5, 5.41) is 1.58. The molecule has 0 aromatic carbocycles. The van der Waals surface area contributed by atoms with Crippen molar-refractivity contribution in [3.05, 3.63) is 11.5 Å². The normalized spacial score (nSPS) is 9.25. The van der Waals surface area contributed by atoms with E-state index in [9.17, 15) is 0 Å². The second-order valence-corrected chi connectivity index (χ2v) is 0.742. The average Bonchev–Trinajstić information content (AvgIpc) is 1.37. The summed E-state index contributed by atoms with van der Waals surface area (Å²) in [4.78, 5) is 0. The molecule has 0 saturated heterocycles. The topological polar surface area (TPSA) is 0 Å². The summed E-state index contributed by atoms with van der Waals surface area (Å²) in [5.74, 6) is 0. The third-order valence-electron chi connectivity index (χ3n) is 0.136. The second kappa shape index (κ2) is 2.96. The SMILES string of the molecule is C/C=C/[S]. The van der Waals surface area contributed by atoms with E-state index in [1.807, 2.05) is 13.0 Å². The van der Waals surface area contributed by atoms with Gasteiger partial charge in [-0.3, -0.25) is 0 Å². The van der Waals surface area contributed by atoms with Gasteiger partial charge < -0.3 is 0 Å². The monoisotopic (exact) mass is 73.0 g/mol. The number of hydrogen-bond donors (Lipinski definition) is 0. The van der Waals surface area contributed by atoms with Gasteiger partial charge in [-0.05, 0) is 12.3 Å². The van der Waals surface area contributed by atoms with Crippen LogP contribution >= 0.6 is 12.6 Å². The minimum Gasteiger partial charge on any atom is -0.0891 e. The molecule has 0 aliphatic carbocycles. The molecule has 0 aliphatic rings. The van der Waals surface area contributed by atoms with E-state index in [1.165, 1.54) is 0 Å². The molecule has 4 heavy (non-hydrogen) atoms. The molecule has 0 fully saturated rings. The zero-order valence-electron chi connectivity index (χ0n) is 2.56. The van der Waals surface area contributed by atoms with Crippen LogP contribution in [-0.2, 0) is 0 Å². The molecule has 0 spiro atoms. The highest BCUT2D eigenvalue weighted by atomic mass is 32.1. The fraction of sp³-hybridized carbons (Fsp3) is 0.333. The Kier molecular flexibility index (Phi) is 2.93. The Balaban J connectivity index is 2.55. The largest absolute Gasteiger partial charge is 0.0891 e. The van der Waals surface area contributed by atoms with Crippen molar-refractivity contribution in [2.45, 2.75) is 6.92 Å². The average molecular weight is 73.1 g/mol. The van der Waals surface area contributed by atoms with Gasteiger partial charge in [-0.1, -0.05) is 18.7 Å². The van der Waals surface area contributed by atoms with E-state index in [2.05, 4.69) is 12.6 Å². The van der Waals surface area contributed by atoms with Crippen LogP contribution in [0.25, 0.3) is 0 Å². The molecule has 0 bridgehead atoms. The molecule has 23 valence electrons. The van der Waals surface area contributed by atoms with Crippen molar-refractivity contribution in [3.8, 4) is 0 Å².